The molecule has 2 aromatic carbocycles. The van der Waals surface area contributed by atoms with Crippen LogP contribution in [0.3, 0.4) is 0 Å². The summed E-state index contributed by atoms with van der Waals surface area (Å²) >= 11 is 7.85. The maximum Gasteiger partial charge on any atom is 0.225 e. The monoisotopic (exact) mass is 379 g/mol. The molecule has 4 nitrogen and oxygen atoms in total. The maximum absolute atomic E-state index is 12.2. The lowest BCUT2D eigenvalue weighted by Crippen LogP contribution is -2.12. The number of amides is 1. The molecule has 0 atom stereocenters. The van der Waals surface area contributed by atoms with Gasteiger partial charge >= 0.3 is 0 Å². The highest BCUT2D eigenvalue weighted by Gasteiger charge is 2.12. The molecule has 0 saturated heterocycles. The lowest BCUT2D eigenvalue weighted by atomic mass is 10.1. The molecule has 0 heterocycles. The van der Waals surface area contributed by atoms with Crippen molar-refractivity contribution in [2.45, 2.75) is 25.2 Å². The van der Waals surface area contributed by atoms with E-state index >= 15 is 0 Å². The van der Waals surface area contributed by atoms with Crippen molar-refractivity contribution in [3.05, 3.63) is 46.5 Å². The molecule has 0 fully saturated rings. The highest BCUT2D eigenvalue weighted by molar-refractivity contribution is 7.99. The Kier molecular flexibility index (Phi) is 7.02. The number of aryl methyl sites for hydroxylation is 2. The first-order valence-corrected chi connectivity index (χ1v) is 9.22. The van der Waals surface area contributed by atoms with E-state index in [1.807, 2.05) is 0 Å². The fraction of sp³-hybridized carbons (Fsp3) is 0.316. The van der Waals surface area contributed by atoms with Crippen LogP contribution in [-0.2, 0) is 4.79 Å². The average Bonchev–Trinajstić information content (AvgIpc) is 2.59. The molecular weight excluding hydrogens is 358 g/mol. The molecule has 0 aliphatic heterocycles. The van der Waals surface area contributed by atoms with Crippen LogP contribution in [0.2, 0.25) is 5.02 Å². The lowest BCUT2D eigenvalue weighted by Gasteiger charge is -2.12. The Morgan fingerprint density at radius 1 is 1.08 bits per heavy atom. The van der Waals surface area contributed by atoms with Gasteiger partial charge in [0, 0.05) is 29.2 Å². The molecule has 1 amide bonds. The average molecular weight is 380 g/mol. The summed E-state index contributed by atoms with van der Waals surface area (Å²) in [6, 6.07) is 9.61. The third-order valence-electron chi connectivity index (χ3n) is 3.82. The molecule has 0 bridgehead atoms. The van der Waals surface area contributed by atoms with Crippen LogP contribution in [0.4, 0.5) is 5.69 Å². The van der Waals surface area contributed by atoms with E-state index in [9.17, 15) is 4.79 Å². The zero-order chi connectivity index (χ0) is 18.4. The van der Waals surface area contributed by atoms with Gasteiger partial charge in [-0.1, -0.05) is 17.7 Å². The van der Waals surface area contributed by atoms with E-state index in [4.69, 9.17) is 21.1 Å². The molecule has 2 aromatic rings. The fourth-order valence-electron chi connectivity index (χ4n) is 2.23. The molecule has 25 heavy (non-hydrogen) atoms. The molecule has 0 aliphatic carbocycles. The molecule has 1 N–H and O–H groups in total. The van der Waals surface area contributed by atoms with Crippen LogP contribution >= 0.6 is 23.4 Å². The van der Waals surface area contributed by atoms with Crippen molar-refractivity contribution < 1.29 is 14.3 Å². The Balaban J connectivity index is 1.92. The molecule has 0 aliphatic rings. The second kappa shape index (κ2) is 9.02. The minimum Gasteiger partial charge on any atom is -0.493 e. The number of rotatable bonds is 7. The van der Waals surface area contributed by atoms with Crippen LogP contribution in [0.15, 0.2) is 35.2 Å². The second-order valence-electron chi connectivity index (χ2n) is 5.58. The van der Waals surface area contributed by atoms with E-state index in [1.54, 1.807) is 23.9 Å². The minimum absolute atomic E-state index is 0.0922. The number of halogens is 1. The Morgan fingerprint density at radius 2 is 1.76 bits per heavy atom. The third-order valence-corrected chi connectivity index (χ3v) is 5.13. The Hall–Kier alpha value is -1.85. The summed E-state index contributed by atoms with van der Waals surface area (Å²) < 4.78 is 10.4. The number of nitrogens with one attached hydrogen (secondary N) is 1. The second-order valence-corrected chi connectivity index (χ2v) is 7.16. The quantitative estimate of drug-likeness (QED) is 0.680. The zero-order valence-electron chi connectivity index (χ0n) is 14.8. The van der Waals surface area contributed by atoms with Gasteiger partial charge in [0.1, 0.15) is 0 Å². The van der Waals surface area contributed by atoms with Gasteiger partial charge in [-0.15, -0.1) is 11.8 Å². The van der Waals surface area contributed by atoms with E-state index in [1.165, 1.54) is 30.2 Å². The predicted octanol–water partition coefficient (Wildman–Crippen LogP) is 5.09. The molecule has 6 heteroatoms. The number of methoxy groups -OCH3 is 2. The number of hydrogen-bond acceptors (Lipinski definition) is 4. The summed E-state index contributed by atoms with van der Waals surface area (Å²) in [5.41, 5.74) is 3.04. The lowest BCUT2D eigenvalue weighted by molar-refractivity contribution is -0.115. The Morgan fingerprint density at radius 3 is 2.40 bits per heavy atom. The van der Waals surface area contributed by atoms with Gasteiger partial charge in [0.05, 0.1) is 24.9 Å². The van der Waals surface area contributed by atoms with Crippen molar-refractivity contribution >= 4 is 35.0 Å². The van der Waals surface area contributed by atoms with Gasteiger partial charge in [0.2, 0.25) is 5.91 Å². The number of hydrogen-bond donors (Lipinski definition) is 1. The fourth-order valence-corrected chi connectivity index (χ4v) is 3.38. The highest BCUT2D eigenvalue weighted by Crippen LogP contribution is 2.36. The summed E-state index contributed by atoms with van der Waals surface area (Å²) in [6.45, 7) is 4.18. The largest absolute Gasteiger partial charge is 0.493 e. The Labute approximate surface area is 157 Å². The van der Waals surface area contributed by atoms with Crippen molar-refractivity contribution in [3.8, 4) is 11.5 Å². The van der Waals surface area contributed by atoms with Crippen molar-refractivity contribution in [2.75, 3.05) is 25.3 Å². The molecule has 0 radical (unpaired) electrons. The SMILES string of the molecule is COc1cc(Cl)c(NC(=O)CCSc2ccc(C)c(C)c2)cc1OC. The van der Waals surface area contributed by atoms with Gasteiger partial charge < -0.3 is 14.8 Å². The molecule has 2 rings (SSSR count). The first-order chi connectivity index (χ1) is 11.9. The molecule has 134 valence electrons. The summed E-state index contributed by atoms with van der Waals surface area (Å²) in [7, 11) is 3.08. The van der Waals surface area contributed by atoms with Crippen LogP contribution in [0.1, 0.15) is 17.5 Å². The van der Waals surface area contributed by atoms with E-state index in [2.05, 4.69) is 37.4 Å². The van der Waals surface area contributed by atoms with E-state index in [-0.39, 0.29) is 5.91 Å². The predicted molar refractivity (Wildman–Crippen MR) is 104 cm³/mol. The molecule has 0 aromatic heterocycles. The number of carbonyl (C=O) groups is 1. The van der Waals surface area contributed by atoms with Crippen molar-refractivity contribution in [1.82, 2.24) is 0 Å². The van der Waals surface area contributed by atoms with E-state index in [0.29, 0.717) is 34.4 Å². The van der Waals surface area contributed by atoms with Gasteiger partial charge in [0.15, 0.2) is 11.5 Å². The van der Waals surface area contributed by atoms with Crippen LogP contribution < -0.4 is 14.8 Å². The van der Waals surface area contributed by atoms with E-state index < -0.39 is 0 Å². The van der Waals surface area contributed by atoms with Crippen LogP contribution in [0, 0.1) is 13.8 Å². The molecule has 0 unspecified atom stereocenters. The first-order valence-electron chi connectivity index (χ1n) is 7.86. The van der Waals surface area contributed by atoms with Crippen LogP contribution in [-0.4, -0.2) is 25.9 Å². The van der Waals surface area contributed by atoms with Crippen molar-refractivity contribution in [2.24, 2.45) is 0 Å². The van der Waals surface area contributed by atoms with Gasteiger partial charge in [0.25, 0.3) is 0 Å². The summed E-state index contributed by atoms with van der Waals surface area (Å²) in [6.07, 6.45) is 0.391. The third kappa shape index (κ3) is 5.31. The number of anilines is 1. The number of ether oxygens (including phenoxy) is 2. The van der Waals surface area contributed by atoms with Crippen LogP contribution in [0.5, 0.6) is 11.5 Å². The number of carbonyl (C=O) groups excluding carboxylic acids is 1. The van der Waals surface area contributed by atoms with Gasteiger partial charge in [-0.2, -0.15) is 0 Å². The standard InChI is InChI=1S/C19H22ClNO3S/c1-12-5-6-14(9-13(12)2)25-8-7-19(22)21-16-11-18(24-4)17(23-3)10-15(16)20/h5-6,9-11H,7-8H2,1-4H3,(H,21,22). The maximum atomic E-state index is 12.2. The van der Waals surface area contributed by atoms with E-state index in [0.717, 1.165) is 0 Å². The topological polar surface area (TPSA) is 47.6 Å². The molecule has 0 saturated carbocycles. The van der Waals surface area contributed by atoms with Crippen molar-refractivity contribution in [1.29, 1.82) is 0 Å². The normalized spacial score (nSPS) is 10.4. The van der Waals surface area contributed by atoms with Crippen LogP contribution in [0.25, 0.3) is 0 Å². The van der Waals surface area contributed by atoms with Gasteiger partial charge in [-0.3, -0.25) is 4.79 Å². The number of thioether (sulfide) groups is 1. The summed E-state index contributed by atoms with van der Waals surface area (Å²) in [4.78, 5) is 13.3. The van der Waals surface area contributed by atoms with Crippen molar-refractivity contribution in [3.63, 3.8) is 0 Å². The van der Waals surface area contributed by atoms with Gasteiger partial charge in [-0.25, -0.2) is 0 Å². The first kappa shape index (κ1) is 19.5. The summed E-state index contributed by atoms with van der Waals surface area (Å²) in [5, 5.41) is 3.23. The minimum atomic E-state index is -0.0922. The van der Waals surface area contributed by atoms with Gasteiger partial charge in [-0.05, 0) is 37.1 Å². The smallest absolute Gasteiger partial charge is 0.225 e. The highest BCUT2D eigenvalue weighted by atomic mass is 35.5. The molecule has 0 spiro atoms. The molecular formula is C19H22ClNO3S. The zero-order valence-corrected chi connectivity index (χ0v) is 16.4. The summed E-state index contributed by atoms with van der Waals surface area (Å²) in [5.74, 6) is 1.65. The number of benzene rings is 2. The Bertz CT molecular complexity index is 765.